The summed E-state index contributed by atoms with van der Waals surface area (Å²) < 4.78 is 10.2. The van der Waals surface area contributed by atoms with Crippen LogP contribution in [0.5, 0.6) is 0 Å². The van der Waals surface area contributed by atoms with E-state index in [1.54, 1.807) is 4.90 Å². The van der Waals surface area contributed by atoms with Crippen LogP contribution in [-0.2, 0) is 9.47 Å². The molecule has 3 atom stereocenters. The summed E-state index contributed by atoms with van der Waals surface area (Å²) in [5, 5.41) is 8.83. The quantitative estimate of drug-likeness (QED) is 0.622. The summed E-state index contributed by atoms with van der Waals surface area (Å²) >= 11 is 0. The number of carbonyl (C=O) groups excluding carboxylic acids is 1. The number of methoxy groups -OCH3 is 1. The van der Waals surface area contributed by atoms with Gasteiger partial charge in [-0.1, -0.05) is 6.92 Å². The van der Waals surface area contributed by atoms with Crippen LogP contribution in [0.15, 0.2) is 11.8 Å². The van der Waals surface area contributed by atoms with Crippen molar-refractivity contribution in [3.05, 3.63) is 11.8 Å². The lowest BCUT2D eigenvalue weighted by Crippen LogP contribution is -2.42. The second kappa shape index (κ2) is 4.05. The maximum Gasteiger partial charge on any atom is 0.412 e. The van der Waals surface area contributed by atoms with E-state index < -0.39 is 0 Å². The van der Waals surface area contributed by atoms with Crippen molar-refractivity contribution >= 4 is 6.09 Å². The summed E-state index contributed by atoms with van der Waals surface area (Å²) in [4.78, 5) is 13.0. The number of hydrogen-bond acceptors (Lipinski definition) is 4. The van der Waals surface area contributed by atoms with E-state index >= 15 is 0 Å². The molecule has 16 heavy (non-hydrogen) atoms. The molecule has 0 aromatic carbocycles. The average molecular weight is 222 g/mol. The van der Waals surface area contributed by atoms with Crippen LogP contribution in [0.4, 0.5) is 4.79 Å². The second-order valence-corrected chi connectivity index (χ2v) is 4.13. The standard InChI is InChI=1S/C11H14N2O3/c1-7-5-8(6-12)16-10-9(7)3-4-13(10)11(14)15-2/h5,7,9-10H,3-4H2,1-2H3/t7-,9+,10-/m0/s1. The van der Waals surface area contributed by atoms with Crippen LogP contribution < -0.4 is 0 Å². The summed E-state index contributed by atoms with van der Waals surface area (Å²) in [5.74, 6) is 0.809. The van der Waals surface area contributed by atoms with Gasteiger partial charge in [0.2, 0.25) is 0 Å². The van der Waals surface area contributed by atoms with Crippen molar-refractivity contribution in [2.75, 3.05) is 13.7 Å². The first-order valence-electron chi connectivity index (χ1n) is 5.30. The zero-order valence-corrected chi connectivity index (χ0v) is 9.34. The van der Waals surface area contributed by atoms with Crippen LogP contribution in [0, 0.1) is 23.2 Å². The Balaban J connectivity index is 2.20. The molecular formula is C11H14N2O3. The Bertz CT molecular complexity index is 372. The minimum atomic E-state index is -0.390. The molecule has 1 saturated heterocycles. The van der Waals surface area contributed by atoms with Crippen LogP contribution in [0.2, 0.25) is 0 Å². The Labute approximate surface area is 94.2 Å². The van der Waals surface area contributed by atoms with Gasteiger partial charge in [-0.05, 0) is 18.4 Å². The molecular weight excluding hydrogens is 208 g/mol. The third-order valence-corrected chi connectivity index (χ3v) is 3.23. The minimum absolute atomic E-state index is 0.253. The number of amides is 1. The summed E-state index contributed by atoms with van der Waals surface area (Å²) in [7, 11) is 1.35. The topological polar surface area (TPSA) is 62.6 Å². The fourth-order valence-electron chi connectivity index (χ4n) is 2.37. The van der Waals surface area contributed by atoms with E-state index in [9.17, 15) is 4.79 Å². The van der Waals surface area contributed by atoms with Crippen molar-refractivity contribution in [2.45, 2.75) is 19.6 Å². The third kappa shape index (κ3) is 1.60. The Morgan fingerprint density at radius 1 is 1.75 bits per heavy atom. The van der Waals surface area contributed by atoms with Gasteiger partial charge in [-0.25, -0.2) is 4.79 Å². The highest BCUT2D eigenvalue weighted by molar-refractivity contribution is 5.68. The monoisotopic (exact) mass is 222 g/mol. The molecule has 2 aliphatic rings. The molecule has 2 heterocycles. The van der Waals surface area contributed by atoms with E-state index in [1.165, 1.54) is 7.11 Å². The summed E-state index contributed by atoms with van der Waals surface area (Å²) in [6.45, 7) is 2.66. The largest absolute Gasteiger partial charge is 0.460 e. The molecule has 1 fully saturated rings. The highest BCUT2D eigenvalue weighted by Gasteiger charge is 2.44. The molecule has 0 saturated carbocycles. The molecule has 5 heteroatoms. The number of hydrogen-bond donors (Lipinski definition) is 0. The molecule has 0 unspecified atom stereocenters. The van der Waals surface area contributed by atoms with Crippen molar-refractivity contribution in [1.29, 1.82) is 5.26 Å². The first-order chi connectivity index (χ1) is 7.67. The Kier molecular flexibility index (Phi) is 2.73. The van der Waals surface area contributed by atoms with Gasteiger partial charge in [-0.2, -0.15) is 5.26 Å². The molecule has 0 aromatic rings. The summed E-state index contributed by atoms with van der Waals surface area (Å²) in [5.41, 5.74) is 0. The van der Waals surface area contributed by atoms with E-state index in [-0.39, 0.29) is 24.2 Å². The second-order valence-electron chi connectivity index (χ2n) is 4.13. The number of likely N-dealkylation sites (tertiary alicyclic amines) is 1. The normalized spacial score (nSPS) is 32.2. The van der Waals surface area contributed by atoms with Crippen molar-refractivity contribution in [2.24, 2.45) is 11.8 Å². The molecule has 86 valence electrons. The highest BCUT2D eigenvalue weighted by atomic mass is 16.6. The number of carbonyl (C=O) groups is 1. The molecule has 0 aliphatic carbocycles. The van der Waals surface area contributed by atoms with Gasteiger partial charge in [0.25, 0.3) is 0 Å². The van der Waals surface area contributed by atoms with Gasteiger partial charge < -0.3 is 9.47 Å². The number of rotatable bonds is 0. The van der Waals surface area contributed by atoms with Crippen LogP contribution in [0.25, 0.3) is 0 Å². The molecule has 5 nitrogen and oxygen atoms in total. The lowest BCUT2D eigenvalue weighted by Gasteiger charge is -2.32. The van der Waals surface area contributed by atoms with Gasteiger partial charge in [-0.3, -0.25) is 4.90 Å². The van der Waals surface area contributed by atoms with E-state index in [4.69, 9.17) is 14.7 Å². The molecule has 2 aliphatic heterocycles. The SMILES string of the molecule is COC(=O)N1CC[C@@H]2[C@@H](C)C=C(C#N)O[C@@H]21. The van der Waals surface area contributed by atoms with E-state index in [0.29, 0.717) is 12.3 Å². The number of fused-ring (bicyclic) bond motifs is 1. The van der Waals surface area contributed by atoms with Crippen LogP contribution in [0.3, 0.4) is 0 Å². The van der Waals surface area contributed by atoms with E-state index in [2.05, 4.69) is 0 Å². The molecule has 0 aromatic heterocycles. The summed E-state index contributed by atoms with van der Waals surface area (Å²) in [6.07, 6.45) is 1.97. The molecule has 0 spiro atoms. The first kappa shape index (κ1) is 10.8. The van der Waals surface area contributed by atoms with E-state index in [1.807, 2.05) is 19.1 Å². The third-order valence-electron chi connectivity index (χ3n) is 3.23. The van der Waals surface area contributed by atoms with Crippen LogP contribution >= 0.6 is 0 Å². The Hall–Kier alpha value is -1.70. The van der Waals surface area contributed by atoms with Crippen LogP contribution in [0.1, 0.15) is 13.3 Å². The molecule has 0 N–H and O–H groups in total. The van der Waals surface area contributed by atoms with Crippen molar-refractivity contribution in [1.82, 2.24) is 4.90 Å². The number of nitrogens with zero attached hydrogens (tertiary/aromatic N) is 2. The van der Waals surface area contributed by atoms with Crippen LogP contribution in [-0.4, -0.2) is 30.9 Å². The lowest BCUT2D eigenvalue weighted by atomic mass is 9.89. The van der Waals surface area contributed by atoms with Gasteiger partial charge in [-0.15, -0.1) is 0 Å². The maximum absolute atomic E-state index is 11.5. The zero-order chi connectivity index (χ0) is 11.7. The predicted octanol–water partition coefficient (Wildman–Crippen LogP) is 1.47. The average Bonchev–Trinajstić information content (AvgIpc) is 2.72. The fraction of sp³-hybridized carbons (Fsp3) is 0.636. The summed E-state index contributed by atoms with van der Waals surface area (Å²) in [6, 6.07) is 1.98. The lowest BCUT2D eigenvalue weighted by molar-refractivity contribution is -0.0301. The predicted molar refractivity (Wildman–Crippen MR) is 55.0 cm³/mol. The van der Waals surface area contributed by atoms with Crippen molar-refractivity contribution in [3.63, 3.8) is 0 Å². The van der Waals surface area contributed by atoms with Gasteiger partial charge >= 0.3 is 6.09 Å². The number of nitriles is 1. The fourth-order valence-corrected chi connectivity index (χ4v) is 2.37. The van der Waals surface area contributed by atoms with Gasteiger partial charge in [0.05, 0.1) is 7.11 Å². The highest BCUT2D eigenvalue weighted by Crippen LogP contribution is 2.37. The van der Waals surface area contributed by atoms with Gasteiger partial charge in [0.15, 0.2) is 12.0 Å². The number of ether oxygens (including phenoxy) is 2. The van der Waals surface area contributed by atoms with Crippen molar-refractivity contribution < 1.29 is 14.3 Å². The zero-order valence-electron chi connectivity index (χ0n) is 9.34. The molecule has 1 amide bonds. The molecule has 2 rings (SSSR count). The Morgan fingerprint density at radius 3 is 3.12 bits per heavy atom. The van der Waals surface area contributed by atoms with Gasteiger partial charge in [0.1, 0.15) is 6.07 Å². The molecule has 0 radical (unpaired) electrons. The maximum atomic E-state index is 11.5. The van der Waals surface area contributed by atoms with E-state index in [0.717, 1.165) is 6.42 Å². The molecule has 0 bridgehead atoms. The Morgan fingerprint density at radius 2 is 2.50 bits per heavy atom. The minimum Gasteiger partial charge on any atom is -0.460 e. The number of allylic oxidation sites excluding steroid dienone is 2. The smallest absolute Gasteiger partial charge is 0.412 e. The van der Waals surface area contributed by atoms with Gasteiger partial charge in [0, 0.05) is 12.5 Å². The first-order valence-corrected chi connectivity index (χ1v) is 5.30. The van der Waals surface area contributed by atoms with Crippen molar-refractivity contribution in [3.8, 4) is 6.07 Å².